The predicted molar refractivity (Wildman–Crippen MR) is 49.7 cm³/mol. The van der Waals surface area contributed by atoms with Crippen molar-refractivity contribution in [3.8, 4) is 0 Å². The predicted octanol–water partition coefficient (Wildman–Crippen LogP) is 0.960. The first-order valence-corrected chi connectivity index (χ1v) is 4.78. The van der Waals surface area contributed by atoms with Gasteiger partial charge >= 0.3 is 7.82 Å². The van der Waals surface area contributed by atoms with Crippen molar-refractivity contribution < 1.29 is 24.0 Å². The summed E-state index contributed by atoms with van der Waals surface area (Å²) in [4.78, 5) is 21.6. The Morgan fingerprint density at radius 3 is 1.77 bits per heavy atom. The molecular formula is C7H13O5P. The van der Waals surface area contributed by atoms with Crippen LogP contribution in [-0.2, 0) is 9.30 Å². The van der Waals surface area contributed by atoms with Gasteiger partial charge in [0.05, 0.1) is 6.26 Å². The first-order chi connectivity index (χ1) is 6.00. The van der Waals surface area contributed by atoms with E-state index in [4.69, 9.17) is 24.0 Å². The molecule has 1 aliphatic rings. The molecular weight excluding hydrogens is 195 g/mol. The minimum absolute atomic E-state index is 0.733. The monoisotopic (exact) mass is 208 g/mol. The molecule has 6 heteroatoms. The molecule has 0 saturated carbocycles. The molecule has 0 atom stereocenters. The molecule has 0 saturated heterocycles. The fourth-order valence-corrected chi connectivity index (χ4v) is 0.346. The van der Waals surface area contributed by atoms with E-state index in [0.29, 0.717) is 0 Å². The Hall–Kier alpha value is -0.870. The standard InChI is InChI=1S/C5H6O.C2H4.H3O4P/c1-2-4-6-5-3-1;1-2;1-5(2,3)4/h1-4H,5H2;1-2H2;(H3,1,2,3,4). The molecule has 0 bridgehead atoms. The van der Waals surface area contributed by atoms with Crippen LogP contribution in [0.5, 0.6) is 0 Å². The molecule has 0 aromatic heterocycles. The van der Waals surface area contributed by atoms with Crippen molar-refractivity contribution in [1.82, 2.24) is 0 Å². The highest BCUT2D eigenvalue weighted by Crippen LogP contribution is 2.25. The second kappa shape index (κ2) is 9.22. The molecule has 0 aromatic carbocycles. The largest absolute Gasteiger partial charge is 0.497 e. The summed E-state index contributed by atoms with van der Waals surface area (Å²) in [6.07, 6.45) is 7.47. The van der Waals surface area contributed by atoms with E-state index >= 15 is 0 Å². The number of allylic oxidation sites excluding steroid dienone is 2. The van der Waals surface area contributed by atoms with E-state index in [1.165, 1.54) is 0 Å². The van der Waals surface area contributed by atoms with Gasteiger partial charge in [-0.05, 0) is 12.2 Å². The highest BCUT2D eigenvalue weighted by atomic mass is 31.2. The van der Waals surface area contributed by atoms with Crippen LogP contribution in [0.25, 0.3) is 0 Å². The molecule has 0 aliphatic carbocycles. The first kappa shape index (κ1) is 14.6. The average Bonchev–Trinajstić information content (AvgIpc) is 2.08. The normalized spacial score (nSPS) is 12.8. The van der Waals surface area contributed by atoms with Crippen LogP contribution in [0.2, 0.25) is 0 Å². The Morgan fingerprint density at radius 2 is 1.69 bits per heavy atom. The molecule has 1 rings (SSSR count). The summed E-state index contributed by atoms with van der Waals surface area (Å²) in [6.45, 7) is 6.73. The van der Waals surface area contributed by atoms with Gasteiger partial charge in [-0.2, -0.15) is 0 Å². The molecule has 0 fully saturated rings. The van der Waals surface area contributed by atoms with Crippen molar-refractivity contribution in [2.24, 2.45) is 0 Å². The minimum atomic E-state index is -4.64. The fraction of sp³-hybridized carbons (Fsp3) is 0.143. The lowest BCUT2D eigenvalue weighted by Crippen LogP contribution is -1.82. The van der Waals surface area contributed by atoms with Gasteiger partial charge in [0.15, 0.2) is 0 Å². The average molecular weight is 208 g/mol. The van der Waals surface area contributed by atoms with Crippen molar-refractivity contribution >= 4 is 7.82 Å². The van der Waals surface area contributed by atoms with Gasteiger partial charge in [-0.25, -0.2) is 4.57 Å². The second-order valence-corrected chi connectivity index (χ2v) is 2.63. The molecule has 0 amide bonds. The van der Waals surface area contributed by atoms with Gasteiger partial charge in [0.25, 0.3) is 0 Å². The molecule has 3 N–H and O–H groups in total. The Labute approximate surface area is 76.9 Å². The second-order valence-electron chi connectivity index (χ2n) is 1.60. The van der Waals surface area contributed by atoms with Crippen molar-refractivity contribution in [3.63, 3.8) is 0 Å². The fourth-order valence-electron chi connectivity index (χ4n) is 0.346. The molecule has 13 heavy (non-hydrogen) atoms. The van der Waals surface area contributed by atoms with Crippen LogP contribution < -0.4 is 0 Å². The van der Waals surface area contributed by atoms with Gasteiger partial charge in [0.2, 0.25) is 0 Å². The molecule has 1 heterocycles. The van der Waals surface area contributed by atoms with E-state index in [0.717, 1.165) is 6.61 Å². The highest BCUT2D eigenvalue weighted by molar-refractivity contribution is 7.45. The third-order valence-corrected chi connectivity index (χ3v) is 0.614. The SMILES string of the molecule is C1=CCOC=C1.C=C.O=P(O)(O)O. The Kier molecular flexibility index (Phi) is 10.4. The lowest BCUT2D eigenvalue weighted by Gasteiger charge is -1.94. The third kappa shape index (κ3) is 35.3. The van der Waals surface area contributed by atoms with Crippen LogP contribution in [-0.4, -0.2) is 21.3 Å². The summed E-state index contributed by atoms with van der Waals surface area (Å²) in [6, 6.07) is 0. The van der Waals surface area contributed by atoms with E-state index in [2.05, 4.69) is 13.2 Å². The van der Waals surface area contributed by atoms with Crippen LogP contribution in [0.3, 0.4) is 0 Å². The van der Waals surface area contributed by atoms with E-state index < -0.39 is 7.82 Å². The van der Waals surface area contributed by atoms with E-state index in [-0.39, 0.29) is 0 Å². The topological polar surface area (TPSA) is 87.0 Å². The van der Waals surface area contributed by atoms with Gasteiger partial charge in [-0.15, -0.1) is 13.2 Å². The highest BCUT2D eigenvalue weighted by Gasteiger charge is 2.00. The van der Waals surface area contributed by atoms with Crippen LogP contribution >= 0.6 is 7.82 Å². The quantitative estimate of drug-likeness (QED) is 0.407. The summed E-state index contributed by atoms with van der Waals surface area (Å²) in [7, 11) is -4.64. The molecule has 76 valence electrons. The smallest absolute Gasteiger partial charge is 0.466 e. The molecule has 0 aromatic rings. The number of hydrogen-bond donors (Lipinski definition) is 3. The van der Waals surface area contributed by atoms with Crippen LogP contribution in [0, 0.1) is 0 Å². The van der Waals surface area contributed by atoms with Gasteiger partial charge in [-0.1, -0.05) is 6.08 Å². The van der Waals surface area contributed by atoms with Crippen LogP contribution in [0.15, 0.2) is 37.6 Å². The summed E-state index contributed by atoms with van der Waals surface area (Å²) < 4.78 is 13.7. The van der Waals surface area contributed by atoms with Gasteiger partial charge in [0.1, 0.15) is 6.61 Å². The Morgan fingerprint density at radius 1 is 1.23 bits per heavy atom. The van der Waals surface area contributed by atoms with E-state index in [1.807, 2.05) is 18.2 Å². The maximum atomic E-state index is 8.88. The van der Waals surface area contributed by atoms with Gasteiger partial charge < -0.3 is 19.4 Å². The van der Waals surface area contributed by atoms with Crippen molar-refractivity contribution in [2.45, 2.75) is 0 Å². The summed E-state index contributed by atoms with van der Waals surface area (Å²) in [5, 5.41) is 0. The Bertz CT molecular complexity index is 185. The summed E-state index contributed by atoms with van der Waals surface area (Å²) in [5.41, 5.74) is 0. The summed E-state index contributed by atoms with van der Waals surface area (Å²) >= 11 is 0. The zero-order valence-corrected chi connectivity index (χ0v) is 7.93. The number of rotatable bonds is 0. The maximum absolute atomic E-state index is 8.88. The molecule has 1 aliphatic heterocycles. The van der Waals surface area contributed by atoms with Crippen molar-refractivity contribution in [2.75, 3.05) is 6.61 Å². The van der Waals surface area contributed by atoms with Crippen molar-refractivity contribution in [1.29, 1.82) is 0 Å². The molecule has 0 radical (unpaired) electrons. The summed E-state index contributed by atoms with van der Waals surface area (Å²) in [5.74, 6) is 0. The van der Waals surface area contributed by atoms with Gasteiger partial charge in [-0.3, -0.25) is 0 Å². The van der Waals surface area contributed by atoms with Crippen molar-refractivity contribution in [3.05, 3.63) is 37.6 Å². The third-order valence-electron chi connectivity index (χ3n) is 0.614. The maximum Gasteiger partial charge on any atom is 0.466 e. The van der Waals surface area contributed by atoms with Crippen LogP contribution in [0.1, 0.15) is 0 Å². The molecule has 0 spiro atoms. The zero-order valence-electron chi connectivity index (χ0n) is 7.04. The number of phosphoric acid groups is 1. The lowest BCUT2D eigenvalue weighted by molar-refractivity contribution is 0.275. The Balaban J connectivity index is 0. The van der Waals surface area contributed by atoms with Crippen LogP contribution in [0.4, 0.5) is 0 Å². The van der Waals surface area contributed by atoms with E-state index in [1.54, 1.807) is 6.26 Å². The minimum Gasteiger partial charge on any atom is -0.497 e. The number of ether oxygens (including phenoxy) is 1. The van der Waals surface area contributed by atoms with Gasteiger partial charge in [0, 0.05) is 0 Å². The number of hydrogen-bond acceptors (Lipinski definition) is 2. The lowest BCUT2D eigenvalue weighted by atomic mass is 10.5. The molecule has 0 unspecified atom stereocenters. The first-order valence-electron chi connectivity index (χ1n) is 3.22. The van der Waals surface area contributed by atoms with E-state index in [9.17, 15) is 0 Å². The molecule has 5 nitrogen and oxygen atoms in total. The zero-order chi connectivity index (χ0) is 10.7.